The van der Waals surface area contributed by atoms with Crippen molar-refractivity contribution in [3.63, 3.8) is 0 Å². The van der Waals surface area contributed by atoms with Gasteiger partial charge in [-0.15, -0.1) is 0 Å². The smallest absolute Gasteiger partial charge is 0.407 e. The highest BCUT2D eigenvalue weighted by atomic mass is 19.1. The number of halogens is 1. The summed E-state index contributed by atoms with van der Waals surface area (Å²) >= 11 is 0. The first-order valence-electron chi connectivity index (χ1n) is 11.6. The maximum atomic E-state index is 15.2. The maximum Gasteiger partial charge on any atom is 0.407 e. The zero-order valence-corrected chi connectivity index (χ0v) is 19.4. The van der Waals surface area contributed by atoms with Crippen LogP contribution in [0.25, 0.3) is 11.1 Å². The number of piperidine rings is 3. The van der Waals surface area contributed by atoms with Gasteiger partial charge in [0.15, 0.2) is 0 Å². The molecule has 33 heavy (non-hydrogen) atoms. The largest absolute Gasteiger partial charge is 0.497 e. The molecule has 3 saturated heterocycles. The number of hydrogen-bond acceptors (Lipinski definition) is 5. The van der Waals surface area contributed by atoms with Crippen LogP contribution in [0.3, 0.4) is 0 Å². The summed E-state index contributed by atoms with van der Waals surface area (Å²) in [5.41, 5.74) is 1.39. The van der Waals surface area contributed by atoms with Gasteiger partial charge in [0.2, 0.25) is 0 Å². The number of fused-ring (bicyclic) bond motifs is 4. The van der Waals surface area contributed by atoms with Crippen molar-refractivity contribution in [3.8, 4) is 22.6 Å². The highest BCUT2D eigenvalue weighted by Crippen LogP contribution is 2.45. The third kappa shape index (κ3) is 4.26. The van der Waals surface area contributed by atoms with Gasteiger partial charge in [-0.05, 0) is 61.7 Å². The Balaban J connectivity index is 1.38. The molecule has 0 spiro atoms. The summed E-state index contributed by atoms with van der Waals surface area (Å²) in [5.74, 6) is 1.36. The number of methoxy groups -OCH3 is 1. The number of benzene rings is 2. The zero-order valence-electron chi connectivity index (χ0n) is 19.4. The number of nitrogens with one attached hydrogen (secondary N) is 1. The number of hydrogen-bond donors (Lipinski definition) is 1. The fraction of sp³-hybridized carbons (Fsp3) is 0.500. The number of nitrogens with zero attached hydrogens (tertiary/aromatic N) is 1. The van der Waals surface area contributed by atoms with E-state index in [1.807, 2.05) is 26.0 Å². The molecule has 6 nitrogen and oxygen atoms in total. The number of carbonyl (C=O) groups excluding carboxylic acids is 1. The molecule has 6 rings (SSSR count). The molecule has 0 aliphatic carbocycles. The van der Waals surface area contributed by atoms with Crippen LogP contribution in [0.1, 0.15) is 38.3 Å². The molecule has 0 saturated carbocycles. The van der Waals surface area contributed by atoms with E-state index < -0.39 is 17.6 Å². The molecular formula is C26H31FN2O4. The third-order valence-corrected chi connectivity index (χ3v) is 7.31. The Kier molecular flexibility index (Phi) is 5.69. The van der Waals surface area contributed by atoms with Crippen LogP contribution in [0.4, 0.5) is 9.18 Å². The molecule has 0 radical (unpaired) electrons. The van der Waals surface area contributed by atoms with E-state index in [9.17, 15) is 4.79 Å². The van der Waals surface area contributed by atoms with Crippen molar-refractivity contribution < 1.29 is 23.4 Å². The summed E-state index contributed by atoms with van der Waals surface area (Å²) in [6.45, 7) is 7.38. The van der Waals surface area contributed by atoms with E-state index >= 15 is 4.39 Å². The second kappa shape index (κ2) is 8.52. The van der Waals surface area contributed by atoms with Crippen molar-refractivity contribution in [1.82, 2.24) is 10.2 Å². The predicted molar refractivity (Wildman–Crippen MR) is 123 cm³/mol. The first kappa shape index (κ1) is 22.0. The van der Waals surface area contributed by atoms with Crippen LogP contribution in [0.15, 0.2) is 36.4 Å². The van der Waals surface area contributed by atoms with Gasteiger partial charge in [0.1, 0.15) is 23.4 Å². The Morgan fingerprint density at radius 3 is 2.55 bits per heavy atom. The molecular weight excluding hydrogens is 423 g/mol. The van der Waals surface area contributed by atoms with E-state index in [0.29, 0.717) is 35.2 Å². The topological polar surface area (TPSA) is 60.0 Å². The molecule has 4 aliphatic rings. The van der Waals surface area contributed by atoms with Crippen LogP contribution in [0, 0.1) is 17.2 Å². The lowest BCUT2D eigenvalue weighted by molar-refractivity contribution is -0.0361. The van der Waals surface area contributed by atoms with E-state index in [1.54, 1.807) is 25.3 Å². The Bertz CT molecular complexity index is 1030. The Morgan fingerprint density at radius 2 is 1.91 bits per heavy atom. The first-order chi connectivity index (χ1) is 15.8. The van der Waals surface area contributed by atoms with Crippen molar-refractivity contribution in [3.05, 3.63) is 47.8 Å². The molecule has 1 N–H and O–H groups in total. The molecule has 3 fully saturated rings. The standard InChI is InChI=1S/C26H31FN2O4/c1-26(2)15-32-22-13-19(16-4-6-18(31-3)7-5-16)21(27)12-20(22)24(26)28-25(30)33-23-14-29-10-8-17(23)9-11-29/h4-7,12-13,17,23-24H,8-11,14-15H2,1-3H3,(H,28,30). The van der Waals surface area contributed by atoms with Gasteiger partial charge in [-0.2, -0.15) is 0 Å². The molecule has 2 aromatic rings. The summed E-state index contributed by atoms with van der Waals surface area (Å²) in [7, 11) is 1.60. The summed E-state index contributed by atoms with van der Waals surface area (Å²) in [5, 5.41) is 3.03. The number of rotatable bonds is 4. The van der Waals surface area contributed by atoms with Crippen LogP contribution in [-0.4, -0.2) is 50.4 Å². The Labute approximate surface area is 194 Å². The highest BCUT2D eigenvalue weighted by molar-refractivity contribution is 5.71. The van der Waals surface area contributed by atoms with E-state index in [0.717, 1.165) is 38.0 Å². The van der Waals surface area contributed by atoms with E-state index in [-0.39, 0.29) is 11.9 Å². The van der Waals surface area contributed by atoms with E-state index in [2.05, 4.69) is 10.2 Å². The van der Waals surface area contributed by atoms with Gasteiger partial charge in [-0.25, -0.2) is 9.18 Å². The molecule has 2 unspecified atom stereocenters. The minimum Gasteiger partial charge on any atom is -0.497 e. The summed E-state index contributed by atoms with van der Waals surface area (Å²) in [6.07, 6.45) is 1.62. The van der Waals surface area contributed by atoms with Gasteiger partial charge in [-0.3, -0.25) is 4.90 Å². The second-order valence-electron chi connectivity index (χ2n) is 10.0. The van der Waals surface area contributed by atoms with Crippen LogP contribution in [0.5, 0.6) is 11.5 Å². The van der Waals surface area contributed by atoms with E-state index in [4.69, 9.17) is 14.2 Å². The SMILES string of the molecule is COc1ccc(-c2cc3c(cc2F)C(NC(=O)OC2CN4CCC2CC4)C(C)(C)CO3)cc1. The average Bonchev–Trinajstić information content (AvgIpc) is 2.82. The number of ether oxygens (including phenoxy) is 3. The van der Waals surface area contributed by atoms with Gasteiger partial charge in [-0.1, -0.05) is 26.0 Å². The van der Waals surface area contributed by atoms with Gasteiger partial charge < -0.3 is 19.5 Å². The Hall–Kier alpha value is -2.80. The van der Waals surface area contributed by atoms with Gasteiger partial charge in [0.05, 0.1) is 19.8 Å². The van der Waals surface area contributed by atoms with Crippen molar-refractivity contribution in [2.75, 3.05) is 33.4 Å². The highest BCUT2D eigenvalue weighted by Gasteiger charge is 2.41. The monoisotopic (exact) mass is 454 g/mol. The average molecular weight is 455 g/mol. The summed E-state index contributed by atoms with van der Waals surface area (Å²) < 4.78 is 32.3. The molecule has 7 heteroatoms. The number of alkyl carbamates (subject to hydrolysis) is 1. The molecule has 4 heterocycles. The van der Waals surface area contributed by atoms with Crippen LogP contribution in [-0.2, 0) is 4.74 Å². The first-order valence-corrected chi connectivity index (χ1v) is 11.6. The van der Waals surface area contributed by atoms with Gasteiger partial charge >= 0.3 is 6.09 Å². The van der Waals surface area contributed by atoms with Crippen LogP contribution in [0.2, 0.25) is 0 Å². The second-order valence-corrected chi connectivity index (χ2v) is 10.0. The number of carbonyl (C=O) groups is 1. The lowest BCUT2D eigenvalue weighted by Crippen LogP contribution is -2.53. The molecule has 2 bridgehead atoms. The normalized spacial score (nSPS) is 27.3. The van der Waals surface area contributed by atoms with Gasteiger partial charge in [0.25, 0.3) is 0 Å². The molecule has 0 aromatic heterocycles. The zero-order chi connectivity index (χ0) is 23.2. The summed E-state index contributed by atoms with van der Waals surface area (Å²) in [6, 6.07) is 10.0. The fourth-order valence-corrected chi connectivity index (χ4v) is 5.29. The minimum absolute atomic E-state index is 0.0795. The molecule has 176 valence electrons. The predicted octanol–water partition coefficient (Wildman–Crippen LogP) is 4.78. The molecule has 2 atom stereocenters. The molecule has 4 aliphatic heterocycles. The minimum atomic E-state index is -0.445. The van der Waals surface area contributed by atoms with Gasteiger partial charge in [0, 0.05) is 23.1 Å². The van der Waals surface area contributed by atoms with Crippen LogP contribution < -0.4 is 14.8 Å². The van der Waals surface area contributed by atoms with Crippen LogP contribution >= 0.6 is 0 Å². The molecule has 1 amide bonds. The third-order valence-electron chi connectivity index (χ3n) is 7.31. The lowest BCUT2D eigenvalue weighted by Gasteiger charge is -2.44. The van der Waals surface area contributed by atoms with Crippen molar-refractivity contribution in [2.45, 2.75) is 38.8 Å². The quantitative estimate of drug-likeness (QED) is 0.721. The van der Waals surface area contributed by atoms with Crippen molar-refractivity contribution >= 4 is 6.09 Å². The lowest BCUT2D eigenvalue weighted by atomic mass is 9.78. The number of amides is 1. The summed E-state index contributed by atoms with van der Waals surface area (Å²) in [4.78, 5) is 15.2. The molecule has 2 aromatic carbocycles. The van der Waals surface area contributed by atoms with Crippen molar-refractivity contribution in [1.29, 1.82) is 0 Å². The van der Waals surface area contributed by atoms with Crippen molar-refractivity contribution in [2.24, 2.45) is 11.3 Å². The Morgan fingerprint density at radius 1 is 1.18 bits per heavy atom. The maximum absolute atomic E-state index is 15.2. The fourth-order valence-electron chi connectivity index (χ4n) is 5.29. The van der Waals surface area contributed by atoms with E-state index in [1.165, 1.54) is 6.07 Å².